The van der Waals surface area contributed by atoms with Gasteiger partial charge in [-0.2, -0.15) is 12.6 Å². The number of ketones is 1. The van der Waals surface area contributed by atoms with Gasteiger partial charge in [-0.15, -0.1) is 0 Å². The topological polar surface area (TPSA) is 63.2 Å². The fourth-order valence-electron chi connectivity index (χ4n) is 0.972. The third-order valence-electron chi connectivity index (χ3n) is 1.73. The molecule has 2 atom stereocenters. The van der Waals surface area contributed by atoms with Gasteiger partial charge in [-0.3, -0.25) is 4.79 Å². The summed E-state index contributed by atoms with van der Waals surface area (Å²) in [7, 11) is 0. The SMILES string of the molecule is CC(=O)C[C@@H](C)C(=O)NC(C=O)CS. The number of amides is 1. The summed E-state index contributed by atoms with van der Waals surface area (Å²) < 4.78 is 0. The van der Waals surface area contributed by atoms with Crippen molar-refractivity contribution in [1.29, 1.82) is 0 Å². The Morgan fingerprint density at radius 1 is 1.50 bits per heavy atom. The fraction of sp³-hybridized carbons (Fsp3) is 0.667. The monoisotopic (exact) mass is 217 g/mol. The molecule has 4 nitrogen and oxygen atoms in total. The highest BCUT2D eigenvalue weighted by atomic mass is 32.1. The van der Waals surface area contributed by atoms with Gasteiger partial charge in [0.1, 0.15) is 12.1 Å². The van der Waals surface area contributed by atoms with Crippen LogP contribution in [0.2, 0.25) is 0 Å². The average Bonchev–Trinajstić information content (AvgIpc) is 2.12. The molecule has 0 radical (unpaired) electrons. The predicted octanol–water partition coefficient (Wildman–Crippen LogP) is 0.215. The van der Waals surface area contributed by atoms with Crippen LogP contribution in [0.15, 0.2) is 0 Å². The first kappa shape index (κ1) is 13.2. The first-order valence-corrected chi connectivity index (χ1v) is 5.00. The van der Waals surface area contributed by atoms with E-state index in [9.17, 15) is 14.4 Å². The summed E-state index contributed by atoms with van der Waals surface area (Å²) in [4.78, 5) is 32.5. The Bertz CT molecular complexity index is 230. The molecule has 0 spiro atoms. The van der Waals surface area contributed by atoms with Crippen molar-refractivity contribution in [2.24, 2.45) is 5.92 Å². The molecule has 14 heavy (non-hydrogen) atoms. The van der Waals surface area contributed by atoms with Crippen LogP contribution in [0.1, 0.15) is 20.3 Å². The lowest BCUT2D eigenvalue weighted by atomic mass is 10.0. The molecule has 80 valence electrons. The molecule has 0 heterocycles. The van der Waals surface area contributed by atoms with Gasteiger partial charge >= 0.3 is 0 Å². The van der Waals surface area contributed by atoms with Crippen LogP contribution in [0.5, 0.6) is 0 Å². The number of thiol groups is 1. The zero-order valence-electron chi connectivity index (χ0n) is 8.32. The normalized spacial score (nSPS) is 14.2. The largest absolute Gasteiger partial charge is 0.346 e. The highest BCUT2D eigenvalue weighted by molar-refractivity contribution is 7.80. The van der Waals surface area contributed by atoms with Gasteiger partial charge in [-0.25, -0.2) is 0 Å². The van der Waals surface area contributed by atoms with Gasteiger partial charge in [-0.05, 0) is 6.92 Å². The maximum absolute atomic E-state index is 11.4. The van der Waals surface area contributed by atoms with E-state index in [-0.39, 0.29) is 23.9 Å². The second kappa shape index (κ2) is 6.59. The van der Waals surface area contributed by atoms with Crippen molar-refractivity contribution in [3.05, 3.63) is 0 Å². The highest BCUT2D eigenvalue weighted by Gasteiger charge is 2.17. The molecule has 0 aromatic carbocycles. The van der Waals surface area contributed by atoms with Crippen molar-refractivity contribution < 1.29 is 14.4 Å². The smallest absolute Gasteiger partial charge is 0.223 e. The minimum atomic E-state index is -0.569. The Balaban J connectivity index is 4.05. The summed E-state index contributed by atoms with van der Waals surface area (Å²) in [6, 6.07) is -0.569. The first-order valence-electron chi connectivity index (χ1n) is 4.37. The quantitative estimate of drug-likeness (QED) is 0.494. The standard InChI is InChI=1S/C9H15NO3S/c1-6(3-7(2)12)9(13)10-8(4-11)5-14/h4,6,8,14H,3,5H2,1-2H3,(H,10,13)/t6-,8?/m1/s1. The number of hydrogen-bond donors (Lipinski definition) is 2. The van der Waals surface area contributed by atoms with Crippen molar-refractivity contribution in [1.82, 2.24) is 5.32 Å². The number of aldehydes is 1. The molecular formula is C9H15NO3S. The Hall–Kier alpha value is -0.840. The molecule has 0 rings (SSSR count). The van der Waals surface area contributed by atoms with Crippen molar-refractivity contribution in [3.8, 4) is 0 Å². The lowest BCUT2D eigenvalue weighted by Gasteiger charge is -2.13. The second-order valence-electron chi connectivity index (χ2n) is 3.24. The van der Waals surface area contributed by atoms with E-state index in [1.165, 1.54) is 6.92 Å². The first-order chi connectivity index (χ1) is 6.51. The Labute approximate surface area is 88.8 Å². The van der Waals surface area contributed by atoms with Gasteiger partial charge in [0.2, 0.25) is 5.91 Å². The van der Waals surface area contributed by atoms with Crippen LogP contribution in [-0.2, 0) is 14.4 Å². The van der Waals surface area contributed by atoms with Crippen LogP contribution < -0.4 is 5.32 Å². The van der Waals surface area contributed by atoms with E-state index in [4.69, 9.17) is 0 Å². The van der Waals surface area contributed by atoms with Crippen molar-refractivity contribution in [2.45, 2.75) is 26.3 Å². The molecule has 0 aromatic heterocycles. The summed E-state index contributed by atoms with van der Waals surface area (Å²) in [5, 5.41) is 2.49. The summed E-state index contributed by atoms with van der Waals surface area (Å²) in [5.41, 5.74) is 0. The zero-order chi connectivity index (χ0) is 11.1. The van der Waals surface area contributed by atoms with E-state index in [1.54, 1.807) is 6.92 Å². The molecule has 1 amide bonds. The third kappa shape index (κ3) is 5.01. The zero-order valence-corrected chi connectivity index (χ0v) is 9.21. The minimum absolute atomic E-state index is 0.0406. The maximum atomic E-state index is 11.4. The Morgan fingerprint density at radius 2 is 2.07 bits per heavy atom. The summed E-state index contributed by atoms with van der Waals surface area (Å²) >= 11 is 3.90. The third-order valence-corrected chi connectivity index (χ3v) is 2.12. The lowest BCUT2D eigenvalue weighted by molar-refractivity contribution is -0.129. The van der Waals surface area contributed by atoms with Crippen LogP contribution in [0.25, 0.3) is 0 Å². The van der Waals surface area contributed by atoms with Gasteiger partial charge < -0.3 is 14.9 Å². The van der Waals surface area contributed by atoms with Crippen molar-refractivity contribution >= 4 is 30.6 Å². The molecule has 0 aromatic rings. The molecule has 0 aliphatic heterocycles. The van der Waals surface area contributed by atoms with Crippen molar-refractivity contribution in [3.63, 3.8) is 0 Å². The van der Waals surface area contributed by atoms with Crippen LogP contribution >= 0.6 is 12.6 Å². The number of carbonyl (C=O) groups is 3. The number of Topliss-reactive ketones (excluding diaryl/α,β-unsaturated/α-hetero) is 1. The molecular weight excluding hydrogens is 202 g/mol. The molecule has 0 aliphatic rings. The maximum Gasteiger partial charge on any atom is 0.223 e. The van der Waals surface area contributed by atoms with Gasteiger partial charge in [0.15, 0.2) is 0 Å². The van der Waals surface area contributed by atoms with Gasteiger partial charge in [0, 0.05) is 18.1 Å². The van der Waals surface area contributed by atoms with E-state index >= 15 is 0 Å². The number of hydrogen-bond acceptors (Lipinski definition) is 4. The van der Waals surface area contributed by atoms with E-state index in [0.29, 0.717) is 6.29 Å². The van der Waals surface area contributed by atoms with Crippen LogP contribution in [-0.4, -0.2) is 29.8 Å². The summed E-state index contributed by atoms with van der Waals surface area (Å²) in [5.74, 6) is -0.454. The predicted molar refractivity (Wildman–Crippen MR) is 56.3 cm³/mol. The van der Waals surface area contributed by atoms with E-state index in [1.807, 2.05) is 0 Å². The number of carbonyl (C=O) groups excluding carboxylic acids is 3. The minimum Gasteiger partial charge on any atom is -0.346 e. The molecule has 1 N–H and O–H groups in total. The molecule has 0 saturated heterocycles. The fourth-order valence-corrected chi connectivity index (χ4v) is 1.15. The molecule has 0 bridgehead atoms. The van der Waals surface area contributed by atoms with Crippen LogP contribution in [0.3, 0.4) is 0 Å². The van der Waals surface area contributed by atoms with E-state index in [2.05, 4.69) is 17.9 Å². The molecule has 1 unspecified atom stereocenters. The molecule has 5 heteroatoms. The van der Waals surface area contributed by atoms with Crippen LogP contribution in [0.4, 0.5) is 0 Å². The Kier molecular flexibility index (Phi) is 6.19. The lowest BCUT2D eigenvalue weighted by Crippen LogP contribution is -2.40. The summed E-state index contributed by atoms with van der Waals surface area (Å²) in [6.45, 7) is 3.08. The summed E-state index contributed by atoms with van der Waals surface area (Å²) in [6.07, 6.45) is 0.829. The van der Waals surface area contributed by atoms with Gasteiger partial charge in [-0.1, -0.05) is 6.92 Å². The number of rotatable bonds is 6. The molecule has 0 fully saturated rings. The van der Waals surface area contributed by atoms with Gasteiger partial charge in [0.25, 0.3) is 0 Å². The highest BCUT2D eigenvalue weighted by Crippen LogP contribution is 2.02. The van der Waals surface area contributed by atoms with Gasteiger partial charge in [0.05, 0.1) is 6.04 Å². The average molecular weight is 217 g/mol. The van der Waals surface area contributed by atoms with Crippen molar-refractivity contribution in [2.75, 3.05) is 5.75 Å². The van der Waals surface area contributed by atoms with E-state index < -0.39 is 12.0 Å². The Morgan fingerprint density at radius 3 is 2.43 bits per heavy atom. The van der Waals surface area contributed by atoms with E-state index in [0.717, 1.165) is 0 Å². The number of nitrogens with one attached hydrogen (secondary N) is 1. The molecule has 0 saturated carbocycles. The second-order valence-corrected chi connectivity index (χ2v) is 3.61. The van der Waals surface area contributed by atoms with Crippen LogP contribution in [0, 0.1) is 5.92 Å². The molecule has 0 aliphatic carbocycles.